The van der Waals surface area contributed by atoms with Crippen molar-refractivity contribution in [3.05, 3.63) is 29.3 Å². The number of amides is 1. The van der Waals surface area contributed by atoms with Gasteiger partial charge in [-0.05, 0) is 68.7 Å². The molecule has 176 valence electrons. The molecule has 2 saturated heterocycles. The number of nitriles is 1. The van der Waals surface area contributed by atoms with Crippen LogP contribution in [0.25, 0.3) is 0 Å². The molecule has 4 aliphatic rings. The quantitative estimate of drug-likeness (QED) is 0.766. The lowest BCUT2D eigenvalue weighted by atomic mass is 9.94. The highest BCUT2D eigenvalue weighted by Gasteiger charge is 2.40. The third kappa shape index (κ3) is 4.46. The number of aliphatic hydroxyl groups excluding tert-OH is 1. The summed E-state index contributed by atoms with van der Waals surface area (Å²) in [4.78, 5) is 17.3. The summed E-state index contributed by atoms with van der Waals surface area (Å²) in [6, 6.07) is 8.65. The Bertz CT molecular complexity index is 956. The highest BCUT2D eigenvalue weighted by Crippen LogP contribution is 2.38. The van der Waals surface area contributed by atoms with Gasteiger partial charge >= 0.3 is 0 Å². The molecular weight excluding hydrogens is 414 g/mol. The molecule has 1 N–H and O–H groups in total. The van der Waals surface area contributed by atoms with E-state index in [0.29, 0.717) is 43.5 Å². The maximum atomic E-state index is 13.1. The first-order valence-corrected chi connectivity index (χ1v) is 12.6. The predicted octanol–water partition coefficient (Wildman–Crippen LogP) is 3.25. The number of carbonyl (C=O) groups is 1. The normalized spacial score (nSPS) is 26.7. The summed E-state index contributed by atoms with van der Waals surface area (Å²) in [6.45, 7) is 4.96. The molecule has 1 amide bonds. The van der Waals surface area contributed by atoms with Gasteiger partial charge in [-0.2, -0.15) is 10.4 Å². The third-order valence-electron chi connectivity index (χ3n) is 8.15. The van der Waals surface area contributed by atoms with Crippen molar-refractivity contribution in [2.24, 2.45) is 16.9 Å². The second-order valence-corrected chi connectivity index (χ2v) is 10.3. The van der Waals surface area contributed by atoms with Crippen LogP contribution in [0.1, 0.15) is 62.5 Å². The van der Waals surface area contributed by atoms with Crippen molar-refractivity contribution in [2.75, 3.05) is 31.2 Å². The number of carbonyl (C=O) groups excluding carboxylic acids is 1. The van der Waals surface area contributed by atoms with Crippen molar-refractivity contribution in [3.8, 4) is 6.07 Å². The number of likely N-dealkylation sites (tertiary alicyclic amines) is 2. The van der Waals surface area contributed by atoms with Gasteiger partial charge in [0.15, 0.2) is 0 Å². The number of hydrogen-bond acceptors (Lipinski definition) is 6. The molecule has 1 aromatic carbocycles. The Morgan fingerprint density at radius 3 is 2.58 bits per heavy atom. The third-order valence-corrected chi connectivity index (χ3v) is 8.15. The molecule has 0 radical (unpaired) electrons. The molecule has 3 aliphatic heterocycles. The monoisotopic (exact) mass is 449 g/mol. The summed E-state index contributed by atoms with van der Waals surface area (Å²) in [5.74, 6) is 2.02. The minimum atomic E-state index is -0.258. The van der Waals surface area contributed by atoms with Gasteiger partial charge in [0.1, 0.15) is 5.84 Å². The molecule has 7 nitrogen and oxygen atoms in total. The van der Waals surface area contributed by atoms with Crippen LogP contribution in [-0.2, 0) is 4.79 Å². The van der Waals surface area contributed by atoms with Gasteiger partial charge in [-0.25, -0.2) is 0 Å². The van der Waals surface area contributed by atoms with E-state index in [1.54, 1.807) is 0 Å². The summed E-state index contributed by atoms with van der Waals surface area (Å²) >= 11 is 0. The van der Waals surface area contributed by atoms with Crippen molar-refractivity contribution in [1.82, 2.24) is 9.80 Å². The van der Waals surface area contributed by atoms with Gasteiger partial charge in [0.2, 0.25) is 5.91 Å². The number of hydrogen-bond donors (Lipinski definition) is 1. The standard InChI is InChI=1S/C26H35N5O2/c1-18-14-22(7-6-20(18)16-27)31-24(19-4-2-3-5-19)15-25(28-31)30-11-8-21(17-30)26(33)29-12-9-23(32)10-13-29/h6-7,14,19,21,23-24,32H,2-5,8-13,15,17H2,1H3. The van der Waals surface area contributed by atoms with E-state index >= 15 is 0 Å². The fraction of sp³-hybridized carbons (Fsp3) is 0.654. The lowest BCUT2D eigenvalue weighted by molar-refractivity contribution is -0.137. The first kappa shape index (κ1) is 22.2. The first-order chi connectivity index (χ1) is 16.0. The maximum Gasteiger partial charge on any atom is 0.227 e. The Morgan fingerprint density at radius 1 is 1.12 bits per heavy atom. The molecule has 2 atom stereocenters. The number of amidine groups is 1. The van der Waals surface area contributed by atoms with E-state index < -0.39 is 0 Å². The highest BCUT2D eigenvalue weighted by atomic mass is 16.3. The average Bonchev–Trinajstić information content (AvgIpc) is 3.59. The lowest BCUT2D eigenvalue weighted by Crippen LogP contribution is -2.43. The Kier molecular flexibility index (Phi) is 6.29. The van der Waals surface area contributed by atoms with Crippen molar-refractivity contribution in [3.63, 3.8) is 0 Å². The van der Waals surface area contributed by atoms with E-state index in [1.165, 1.54) is 25.7 Å². The van der Waals surface area contributed by atoms with Crippen LogP contribution in [0, 0.1) is 30.1 Å². The van der Waals surface area contributed by atoms with Crippen molar-refractivity contribution < 1.29 is 9.90 Å². The van der Waals surface area contributed by atoms with Crippen LogP contribution in [0.15, 0.2) is 23.3 Å². The Balaban J connectivity index is 1.31. The summed E-state index contributed by atoms with van der Waals surface area (Å²) in [5, 5.41) is 26.4. The molecule has 1 aromatic rings. The van der Waals surface area contributed by atoms with Gasteiger partial charge in [0, 0.05) is 32.6 Å². The Hall–Kier alpha value is -2.59. The Morgan fingerprint density at radius 2 is 1.88 bits per heavy atom. The molecule has 2 unspecified atom stereocenters. The zero-order valence-corrected chi connectivity index (χ0v) is 19.6. The molecule has 33 heavy (non-hydrogen) atoms. The summed E-state index contributed by atoms with van der Waals surface area (Å²) in [6.07, 6.45) is 8.02. The molecule has 0 spiro atoms. The molecule has 3 heterocycles. The number of hydrazone groups is 1. The van der Waals surface area contributed by atoms with E-state index in [4.69, 9.17) is 5.10 Å². The second-order valence-electron chi connectivity index (χ2n) is 10.3. The molecule has 5 rings (SSSR count). The largest absolute Gasteiger partial charge is 0.393 e. The van der Waals surface area contributed by atoms with Gasteiger partial charge < -0.3 is 14.9 Å². The first-order valence-electron chi connectivity index (χ1n) is 12.6. The molecule has 0 aromatic heterocycles. The van der Waals surface area contributed by atoms with Crippen LogP contribution in [0.5, 0.6) is 0 Å². The van der Waals surface area contributed by atoms with Crippen LogP contribution in [0.4, 0.5) is 5.69 Å². The van der Waals surface area contributed by atoms with Crippen LogP contribution in [0.2, 0.25) is 0 Å². The lowest BCUT2D eigenvalue weighted by Gasteiger charge is -2.31. The fourth-order valence-electron chi connectivity index (χ4n) is 6.12. The van der Waals surface area contributed by atoms with E-state index in [9.17, 15) is 15.2 Å². The predicted molar refractivity (Wildman–Crippen MR) is 128 cm³/mol. The van der Waals surface area contributed by atoms with Crippen LogP contribution in [-0.4, -0.2) is 65.0 Å². The minimum absolute atomic E-state index is 0.0269. The number of benzene rings is 1. The topological polar surface area (TPSA) is 83.2 Å². The Labute approximate surface area is 196 Å². The van der Waals surface area contributed by atoms with Crippen LogP contribution in [0.3, 0.4) is 0 Å². The number of aryl methyl sites for hydroxylation is 1. The number of anilines is 1. The van der Waals surface area contributed by atoms with E-state index in [1.807, 2.05) is 24.0 Å². The molecule has 7 heteroatoms. The van der Waals surface area contributed by atoms with Crippen molar-refractivity contribution in [2.45, 2.75) is 70.4 Å². The average molecular weight is 450 g/mol. The molecule has 1 aliphatic carbocycles. The van der Waals surface area contributed by atoms with E-state index in [0.717, 1.165) is 43.0 Å². The zero-order chi connectivity index (χ0) is 22.9. The van der Waals surface area contributed by atoms with Gasteiger partial charge in [-0.3, -0.25) is 9.80 Å². The number of nitrogens with zero attached hydrogens (tertiary/aromatic N) is 5. The highest BCUT2D eigenvalue weighted by molar-refractivity contribution is 5.88. The molecule has 3 fully saturated rings. The number of rotatable bonds is 3. The second kappa shape index (κ2) is 9.34. The molecular formula is C26H35N5O2. The summed E-state index contributed by atoms with van der Waals surface area (Å²) < 4.78 is 0. The number of aliphatic hydroxyl groups is 1. The zero-order valence-electron chi connectivity index (χ0n) is 19.6. The minimum Gasteiger partial charge on any atom is -0.393 e. The van der Waals surface area contributed by atoms with Crippen molar-refractivity contribution >= 4 is 17.4 Å². The van der Waals surface area contributed by atoms with E-state index in [-0.39, 0.29) is 17.9 Å². The fourth-order valence-corrected chi connectivity index (χ4v) is 6.12. The van der Waals surface area contributed by atoms with Gasteiger partial charge in [-0.1, -0.05) is 12.8 Å². The van der Waals surface area contributed by atoms with Gasteiger partial charge in [-0.15, -0.1) is 0 Å². The van der Waals surface area contributed by atoms with Crippen LogP contribution < -0.4 is 5.01 Å². The van der Waals surface area contributed by atoms with Crippen molar-refractivity contribution in [1.29, 1.82) is 5.26 Å². The number of piperidine rings is 1. The van der Waals surface area contributed by atoms with Gasteiger partial charge in [0.25, 0.3) is 0 Å². The van der Waals surface area contributed by atoms with Crippen LogP contribution >= 0.6 is 0 Å². The smallest absolute Gasteiger partial charge is 0.227 e. The SMILES string of the molecule is Cc1cc(N2N=C(N3CCC(C(=O)N4CCC(O)CC4)C3)CC2C2CCCC2)ccc1C#N. The molecule has 0 bridgehead atoms. The molecule has 1 saturated carbocycles. The maximum absolute atomic E-state index is 13.1. The summed E-state index contributed by atoms with van der Waals surface area (Å²) in [5.41, 5.74) is 2.77. The summed E-state index contributed by atoms with van der Waals surface area (Å²) in [7, 11) is 0. The van der Waals surface area contributed by atoms with Gasteiger partial charge in [0.05, 0.1) is 35.4 Å². The van der Waals surface area contributed by atoms with E-state index in [2.05, 4.69) is 22.0 Å².